The predicted octanol–water partition coefficient (Wildman–Crippen LogP) is 3.62. The van der Waals surface area contributed by atoms with E-state index < -0.39 is 0 Å². The number of rotatable bonds is 2. The summed E-state index contributed by atoms with van der Waals surface area (Å²) in [6, 6.07) is 8.37. The first kappa shape index (κ1) is 10.4. The molecule has 0 atom stereocenters. The Kier molecular flexibility index (Phi) is 2.88. The van der Waals surface area contributed by atoms with Crippen LogP contribution >= 0.6 is 23.6 Å². The van der Waals surface area contributed by atoms with Crippen molar-refractivity contribution in [3.8, 4) is 11.3 Å². The molecule has 1 heterocycles. The molecule has 0 bridgehead atoms. The van der Waals surface area contributed by atoms with Gasteiger partial charge in [-0.05, 0) is 24.2 Å². The summed E-state index contributed by atoms with van der Waals surface area (Å²) in [6.45, 7) is 2.14. The number of H-pyrrole nitrogens is 1. The predicted molar refractivity (Wildman–Crippen MR) is 68.7 cm³/mol. The van der Waals surface area contributed by atoms with E-state index in [0.29, 0.717) is 0 Å². The molecule has 4 heteroatoms. The summed E-state index contributed by atoms with van der Waals surface area (Å²) in [5, 5.41) is 0.754. The van der Waals surface area contributed by atoms with Gasteiger partial charge >= 0.3 is 0 Å². The van der Waals surface area contributed by atoms with Crippen LogP contribution in [-0.4, -0.2) is 4.98 Å². The highest BCUT2D eigenvalue weighted by Gasteiger charge is 2.04. The molecule has 0 amide bonds. The fourth-order valence-electron chi connectivity index (χ4n) is 1.46. The third kappa shape index (κ3) is 2.11. The molecule has 0 fully saturated rings. The van der Waals surface area contributed by atoms with E-state index in [4.69, 9.17) is 18.0 Å². The Bertz CT molecular complexity index is 508. The molecule has 1 aromatic carbocycles. The van der Waals surface area contributed by atoms with E-state index in [9.17, 15) is 0 Å². The van der Waals surface area contributed by atoms with E-state index in [1.807, 2.05) is 0 Å². The number of hydrogen-bond donors (Lipinski definition) is 2. The third-order valence-electron chi connectivity index (χ3n) is 2.33. The van der Waals surface area contributed by atoms with Gasteiger partial charge in [-0.1, -0.05) is 42.5 Å². The van der Waals surface area contributed by atoms with Crippen molar-refractivity contribution in [2.24, 2.45) is 0 Å². The molecule has 0 radical (unpaired) electrons. The molecule has 2 aromatic rings. The van der Waals surface area contributed by atoms with Gasteiger partial charge in [-0.2, -0.15) is 0 Å². The first-order valence-electron chi connectivity index (χ1n) is 4.78. The Morgan fingerprint density at radius 1 is 1.33 bits per heavy atom. The quantitative estimate of drug-likeness (QED) is 0.782. The highest BCUT2D eigenvalue weighted by Crippen LogP contribution is 2.28. The minimum atomic E-state index is 0.724. The molecular formula is C11H12N2S2. The van der Waals surface area contributed by atoms with Crippen molar-refractivity contribution in [1.82, 2.24) is 4.98 Å². The summed E-state index contributed by atoms with van der Waals surface area (Å²) in [5.41, 5.74) is 9.22. The number of aromatic nitrogens is 1. The van der Waals surface area contributed by atoms with Crippen molar-refractivity contribution in [3.63, 3.8) is 0 Å². The minimum absolute atomic E-state index is 0.724. The zero-order valence-corrected chi connectivity index (χ0v) is 10.0. The van der Waals surface area contributed by atoms with Crippen molar-refractivity contribution in [2.45, 2.75) is 13.3 Å². The Balaban J connectivity index is 2.45. The van der Waals surface area contributed by atoms with E-state index in [2.05, 4.69) is 36.2 Å². The Hall–Kier alpha value is -1.13. The monoisotopic (exact) mass is 236 g/mol. The van der Waals surface area contributed by atoms with Crippen molar-refractivity contribution in [2.75, 3.05) is 5.73 Å². The summed E-state index contributed by atoms with van der Waals surface area (Å²) in [7, 11) is 0. The summed E-state index contributed by atoms with van der Waals surface area (Å²) >= 11 is 6.46. The van der Waals surface area contributed by atoms with Crippen LogP contribution in [0.4, 0.5) is 5.00 Å². The van der Waals surface area contributed by atoms with Crippen LogP contribution in [0.5, 0.6) is 0 Å². The SMILES string of the molecule is CCc1ccc(-c2[nH]c(=S)sc2N)cc1. The fraction of sp³-hybridized carbons (Fsp3) is 0.182. The van der Waals surface area contributed by atoms with Crippen LogP contribution in [0.25, 0.3) is 11.3 Å². The van der Waals surface area contributed by atoms with Crippen LogP contribution < -0.4 is 5.73 Å². The number of nitrogens with two attached hydrogens (primary N) is 1. The Labute approximate surface area is 97.8 Å². The fourth-order valence-corrected chi connectivity index (χ4v) is 2.46. The zero-order valence-electron chi connectivity index (χ0n) is 8.41. The van der Waals surface area contributed by atoms with E-state index in [1.54, 1.807) is 0 Å². The largest absolute Gasteiger partial charge is 0.389 e. The lowest BCUT2D eigenvalue weighted by atomic mass is 10.1. The van der Waals surface area contributed by atoms with Crippen molar-refractivity contribution < 1.29 is 0 Å². The molecule has 78 valence electrons. The number of anilines is 1. The molecule has 0 aliphatic rings. The Morgan fingerprint density at radius 3 is 2.47 bits per heavy atom. The van der Waals surface area contributed by atoms with Gasteiger partial charge < -0.3 is 10.7 Å². The van der Waals surface area contributed by atoms with Gasteiger partial charge in [0.2, 0.25) is 0 Å². The average Bonchev–Trinajstić information content (AvgIpc) is 2.58. The molecule has 0 saturated carbocycles. The number of thiazole rings is 1. The second-order valence-corrected chi connectivity index (χ2v) is 5.02. The highest BCUT2D eigenvalue weighted by molar-refractivity contribution is 7.73. The number of benzene rings is 1. The maximum absolute atomic E-state index is 5.86. The van der Waals surface area contributed by atoms with Crippen LogP contribution in [0.15, 0.2) is 24.3 Å². The van der Waals surface area contributed by atoms with Crippen LogP contribution in [0.3, 0.4) is 0 Å². The number of nitrogen functional groups attached to an aromatic ring is 1. The van der Waals surface area contributed by atoms with Gasteiger partial charge in [0, 0.05) is 5.56 Å². The lowest BCUT2D eigenvalue weighted by Gasteiger charge is -2.01. The second-order valence-electron chi connectivity index (χ2n) is 3.30. The maximum atomic E-state index is 5.86. The Morgan fingerprint density at radius 2 is 2.00 bits per heavy atom. The van der Waals surface area contributed by atoms with Crippen LogP contribution in [0, 0.1) is 3.95 Å². The smallest absolute Gasteiger partial charge is 0.160 e. The van der Waals surface area contributed by atoms with E-state index in [0.717, 1.165) is 26.6 Å². The van der Waals surface area contributed by atoms with Crippen LogP contribution in [-0.2, 0) is 6.42 Å². The molecule has 0 aliphatic carbocycles. The third-order valence-corrected chi connectivity index (χ3v) is 3.39. The molecule has 1 aromatic heterocycles. The number of aromatic amines is 1. The second kappa shape index (κ2) is 4.16. The van der Waals surface area contributed by atoms with Gasteiger partial charge in [-0.3, -0.25) is 0 Å². The summed E-state index contributed by atoms with van der Waals surface area (Å²) in [4.78, 5) is 3.11. The number of nitrogens with one attached hydrogen (secondary N) is 1. The minimum Gasteiger partial charge on any atom is -0.389 e. The first-order valence-corrected chi connectivity index (χ1v) is 6.01. The summed E-state index contributed by atoms with van der Waals surface area (Å²) in [5.74, 6) is 0. The average molecular weight is 236 g/mol. The van der Waals surface area contributed by atoms with Crippen molar-refractivity contribution in [1.29, 1.82) is 0 Å². The molecule has 0 aliphatic heterocycles. The lowest BCUT2D eigenvalue weighted by Crippen LogP contribution is -1.86. The molecule has 3 N–H and O–H groups in total. The molecule has 0 spiro atoms. The van der Waals surface area contributed by atoms with Crippen molar-refractivity contribution in [3.05, 3.63) is 33.8 Å². The highest BCUT2D eigenvalue weighted by atomic mass is 32.1. The molecule has 2 nitrogen and oxygen atoms in total. The summed E-state index contributed by atoms with van der Waals surface area (Å²) < 4.78 is 0.724. The maximum Gasteiger partial charge on any atom is 0.160 e. The first-order chi connectivity index (χ1) is 7.20. The van der Waals surface area contributed by atoms with Crippen LogP contribution in [0.1, 0.15) is 12.5 Å². The molecule has 15 heavy (non-hydrogen) atoms. The van der Waals surface area contributed by atoms with E-state index >= 15 is 0 Å². The van der Waals surface area contributed by atoms with Gasteiger partial charge in [0.25, 0.3) is 0 Å². The zero-order chi connectivity index (χ0) is 10.8. The molecule has 0 unspecified atom stereocenters. The molecule has 0 saturated heterocycles. The van der Waals surface area contributed by atoms with Gasteiger partial charge in [0.15, 0.2) is 3.95 Å². The number of aryl methyl sites for hydroxylation is 1. The number of hydrogen-bond acceptors (Lipinski definition) is 3. The molecular weight excluding hydrogens is 224 g/mol. The lowest BCUT2D eigenvalue weighted by molar-refractivity contribution is 1.14. The van der Waals surface area contributed by atoms with Crippen LogP contribution in [0.2, 0.25) is 0 Å². The standard InChI is InChI=1S/C11H12N2S2/c1-2-7-3-5-8(6-4-7)9-10(12)15-11(14)13-9/h3-6H,2,12H2,1H3,(H,13,14). The van der Waals surface area contributed by atoms with Crippen molar-refractivity contribution >= 4 is 28.6 Å². The van der Waals surface area contributed by atoms with Gasteiger partial charge in [0.05, 0.1) is 5.69 Å². The topological polar surface area (TPSA) is 41.8 Å². The summed E-state index contributed by atoms with van der Waals surface area (Å²) in [6.07, 6.45) is 1.05. The van der Waals surface area contributed by atoms with Gasteiger partial charge in [-0.15, -0.1) is 0 Å². The van der Waals surface area contributed by atoms with Gasteiger partial charge in [-0.25, -0.2) is 0 Å². The van der Waals surface area contributed by atoms with Gasteiger partial charge in [0.1, 0.15) is 5.00 Å². The molecule has 2 rings (SSSR count). The van der Waals surface area contributed by atoms with E-state index in [1.165, 1.54) is 16.9 Å². The normalized spacial score (nSPS) is 10.5. The van der Waals surface area contributed by atoms with E-state index in [-0.39, 0.29) is 0 Å².